The monoisotopic (exact) mass is 278 g/mol. The second-order valence-electron chi connectivity index (χ2n) is 7.95. The fourth-order valence-electron chi connectivity index (χ4n) is 4.94. The number of rotatable bonds is 3. The molecule has 0 radical (unpaired) electrons. The smallest absolute Gasteiger partial charge is 0.0579 e. The van der Waals surface area contributed by atoms with Crippen molar-refractivity contribution in [2.45, 2.75) is 103 Å². The zero-order valence-electron chi connectivity index (χ0n) is 13.5. The highest BCUT2D eigenvalue weighted by molar-refractivity contribution is 4.81. The third-order valence-corrected chi connectivity index (χ3v) is 6.38. The maximum atomic E-state index is 6.42. The van der Waals surface area contributed by atoms with Gasteiger partial charge in [-0.05, 0) is 69.1 Å². The van der Waals surface area contributed by atoms with E-state index in [1.807, 2.05) is 0 Å². The van der Waals surface area contributed by atoms with Gasteiger partial charge in [0.05, 0.1) is 12.2 Å². The third-order valence-electron chi connectivity index (χ3n) is 6.38. The summed E-state index contributed by atoms with van der Waals surface area (Å²) in [6.07, 6.45) is 19.8. The van der Waals surface area contributed by atoms with E-state index in [1.165, 1.54) is 83.5 Å². The zero-order valence-corrected chi connectivity index (χ0v) is 13.5. The fraction of sp³-hybridized carbons (Fsp3) is 1.00. The summed E-state index contributed by atoms with van der Waals surface area (Å²) in [6.45, 7) is 2.39. The summed E-state index contributed by atoms with van der Waals surface area (Å²) in [5.74, 6) is 3.05. The van der Waals surface area contributed by atoms with Crippen LogP contribution in [0, 0.1) is 17.8 Å². The fourth-order valence-corrected chi connectivity index (χ4v) is 4.94. The Balaban J connectivity index is 1.37. The van der Waals surface area contributed by atoms with Gasteiger partial charge in [-0.15, -0.1) is 0 Å². The van der Waals surface area contributed by atoms with Crippen LogP contribution in [0.15, 0.2) is 0 Å². The van der Waals surface area contributed by atoms with Gasteiger partial charge in [-0.3, -0.25) is 0 Å². The van der Waals surface area contributed by atoms with Gasteiger partial charge in [0.2, 0.25) is 0 Å². The van der Waals surface area contributed by atoms with Crippen LogP contribution in [0.4, 0.5) is 0 Å². The molecule has 1 heteroatoms. The molecule has 0 saturated heterocycles. The number of hydrogen-bond donors (Lipinski definition) is 0. The van der Waals surface area contributed by atoms with Crippen molar-refractivity contribution in [3.05, 3.63) is 0 Å². The summed E-state index contributed by atoms with van der Waals surface area (Å²) in [6, 6.07) is 0. The van der Waals surface area contributed by atoms with E-state index in [0.29, 0.717) is 12.2 Å². The molecule has 0 bridgehead atoms. The highest BCUT2D eigenvalue weighted by Gasteiger charge is 2.30. The van der Waals surface area contributed by atoms with Gasteiger partial charge in [0, 0.05) is 0 Å². The van der Waals surface area contributed by atoms with E-state index in [-0.39, 0.29) is 0 Å². The van der Waals surface area contributed by atoms with E-state index in [2.05, 4.69) is 6.92 Å². The van der Waals surface area contributed by atoms with Crippen LogP contribution in [0.3, 0.4) is 0 Å². The zero-order chi connectivity index (χ0) is 13.8. The van der Waals surface area contributed by atoms with Crippen LogP contribution in [-0.4, -0.2) is 12.2 Å². The van der Waals surface area contributed by atoms with Crippen LogP contribution in [-0.2, 0) is 4.74 Å². The predicted molar refractivity (Wildman–Crippen MR) is 84.8 cm³/mol. The minimum atomic E-state index is 0.599. The van der Waals surface area contributed by atoms with Crippen molar-refractivity contribution in [1.82, 2.24) is 0 Å². The van der Waals surface area contributed by atoms with Crippen molar-refractivity contribution >= 4 is 0 Å². The molecule has 0 aliphatic heterocycles. The molecule has 0 amide bonds. The van der Waals surface area contributed by atoms with Gasteiger partial charge in [-0.25, -0.2) is 0 Å². The second kappa shape index (κ2) is 7.29. The van der Waals surface area contributed by atoms with Gasteiger partial charge in [-0.1, -0.05) is 39.0 Å². The van der Waals surface area contributed by atoms with Crippen molar-refractivity contribution < 1.29 is 4.74 Å². The second-order valence-corrected chi connectivity index (χ2v) is 7.95. The summed E-state index contributed by atoms with van der Waals surface area (Å²) in [5.41, 5.74) is 0. The Morgan fingerprint density at radius 1 is 0.550 bits per heavy atom. The summed E-state index contributed by atoms with van der Waals surface area (Å²) in [5, 5.41) is 0. The summed E-state index contributed by atoms with van der Waals surface area (Å²) < 4.78 is 6.42. The lowest BCUT2D eigenvalue weighted by molar-refractivity contribution is -0.0595. The quantitative estimate of drug-likeness (QED) is 0.641. The molecule has 3 rings (SSSR count). The van der Waals surface area contributed by atoms with Gasteiger partial charge < -0.3 is 4.74 Å². The first-order valence-electron chi connectivity index (χ1n) is 9.46. The van der Waals surface area contributed by atoms with Crippen molar-refractivity contribution in [1.29, 1.82) is 0 Å². The molecule has 0 unspecified atom stereocenters. The molecule has 116 valence electrons. The maximum Gasteiger partial charge on any atom is 0.0579 e. The predicted octanol–water partition coefficient (Wildman–Crippen LogP) is 5.72. The molecule has 3 aliphatic rings. The van der Waals surface area contributed by atoms with Gasteiger partial charge >= 0.3 is 0 Å². The van der Waals surface area contributed by atoms with E-state index < -0.39 is 0 Å². The highest BCUT2D eigenvalue weighted by Crippen LogP contribution is 2.39. The van der Waals surface area contributed by atoms with Crippen molar-refractivity contribution in [3.63, 3.8) is 0 Å². The molecule has 1 nitrogen and oxygen atoms in total. The van der Waals surface area contributed by atoms with Crippen molar-refractivity contribution in [3.8, 4) is 0 Å². The standard InChI is InChI=1S/C19H34O/c1-15-7-11-18(12-8-15)20-19-13-9-17(10-14-19)16-5-3-2-4-6-16/h15-19H,2-14H2,1H3. The molecular weight excluding hydrogens is 244 g/mol. The highest BCUT2D eigenvalue weighted by atomic mass is 16.5. The molecule has 3 aliphatic carbocycles. The SMILES string of the molecule is CC1CCC(OC2CCC(C3CCCCC3)CC2)CC1. The normalized spacial score (nSPS) is 40.6. The lowest BCUT2D eigenvalue weighted by Gasteiger charge is -2.37. The van der Waals surface area contributed by atoms with E-state index >= 15 is 0 Å². The van der Waals surface area contributed by atoms with E-state index in [1.54, 1.807) is 0 Å². The summed E-state index contributed by atoms with van der Waals surface area (Å²) >= 11 is 0. The Hall–Kier alpha value is -0.0400. The number of ether oxygens (including phenoxy) is 1. The van der Waals surface area contributed by atoms with Crippen LogP contribution in [0.2, 0.25) is 0 Å². The number of hydrogen-bond acceptors (Lipinski definition) is 1. The first-order valence-corrected chi connectivity index (χ1v) is 9.46. The van der Waals surface area contributed by atoms with Crippen molar-refractivity contribution in [2.75, 3.05) is 0 Å². The van der Waals surface area contributed by atoms with Gasteiger partial charge in [0.25, 0.3) is 0 Å². The molecule has 3 saturated carbocycles. The summed E-state index contributed by atoms with van der Waals surface area (Å²) in [7, 11) is 0. The van der Waals surface area contributed by atoms with Crippen LogP contribution in [0.25, 0.3) is 0 Å². The third kappa shape index (κ3) is 4.00. The van der Waals surface area contributed by atoms with E-state index in [0.717, 1.165) is 17.8 Å². The molecule has 0 aromatic carbocycles. The van der Waals surface area contributed by atoms with Crippen LogP contribution in [0.5, 0.6) is 0 Å². The van der Waals surface area contributed by atoms with Gasteiger partial charge in [-0.2, -0.15) is 0 Å². The maximum absolute atomic E-state index is 6.42. The lowest BCUT2D eigenvalue weighted by atomic mass is 9.73. The van der Waals surface area contributed by atoms with E-state index in [9.17, 15) is 0 Å². The first kappa shape index (κ1) is 14.9. The molecule has 0 N–H and O–H groups in total. The Bertz CT molecular complexity index is 265. The Kier molecular flexibility index (Phi) is 5.42. The van der Waals surface area contributed by atoms with Crippen LogP contribution >= 0.6 is 0 Å². The first-order chi connectivity index (χ1) is 9.81. The lowest BCUT2D eigenvalue weighted by Crippen LogP contribution is -2.31. The Labute approximate surface area is 125 Å². The Morgan fingerprint density at radius 2 is 1.05 bits per heavy atom. The molecule has 0 aromatic heterocycles. The molecule has 0 spiro atoms. The van der Waals surface area contributed by atoms with Crippen LogP contribution < -0.4 is 0 Å². The topological polar surface area (TPSA) is 9.23 Å². The molecular formula is C19H34O. The average molecular weight is 278 g/mol. The van der Waals surface area contributed by atoms with E-state index in [4.69, 9.17) is 4.74 Å². The van der Waals surface area contributed by atoms with Gasteiger partial charge in [0.15, 0.2) is 0 Å². The van der Waals surface area contributed by atoms with Gasteiger partial charge in [0.1, 0.15) is 0 Å². The minimum absolute atomic E-state index is 0.599. The van der Waals surface area contributed by atoms with Crippen LogP contribution in [0.1, 0.15) is 90.4 Å². The molecule has 20 heavy (non-hydrogen) atoms. The average Bonchev–Trinajstić information content (AvgIpc) is 2.51. The van der Waals surface area contributed by atoms with Crippen molar-refractivity contribution in [2.24, 2.45) is 17.8 Å². The summed E-state index contributed by atoms with van der Waals surface area (Å²) in [4.78, 5) is 0. The molecule has 0 aromatic rings. The minimum Gasteiger partial charge on any atom is -0.375 e. The molecule has 0 atom stereocenters. The molecule has 0 heterocycles. The Morgan fingerprint density at radius 3 is 1.65 bits per heavy atom. The largest absolute Gasteiger partial charge is 0.375 e. The molecule has 3 fully saturated rings.